The van der Waals surface area contributed by atoms with Gasteiger partial charge in [-0.05, 0) is 92.7 Å². The Morgan fingerprint density at radius 3 is 2.49 bits per heavy atom. The Bertz CT molecular complexity index is 948. The zero-order chi connectivity index (χ0) is 25.5. The molecule has 1 aliphatic carbocycles. The highest BCUT2D eigenvalue weighted by Gasteiger charge is 2.40. The van der Waals surface area contributed by atoms with Gasteiger partial charge in [-0.25, -0.2) is 4.79 Å². The molecule has 35 heavy (non-hydrogen) atoms. The predicted octanol–water partition coefficient (Wildman–Crippen LogP) is 5.90. The van der Waals surface area contributed by atoms with Crippen LogP contribution >= 0.6 is 46.1 Å². The van der Waals surface area contributed by atoms with Crippen molar-refractivity contribution in [2.45, 2.75) is 75.6 Å². The highest BCUT2D eigenvalue weighted by atomic mass is 35.5. The van der Waals surface area contributed by atoms with Crippen LogP contribution in [0.1, 0.15) is 59.1 Å². The summed E-state index contributed by atoms with van der Waals surface area (Å²) in [5.41, 5.74) is 1.06. The second-order valence-corrected chi connectivity index (χ2v) is 11.9. The van der Waals surface area contributed by atoms with Gasteiger partial charge in [-0.3, -0.25) is 0 Å². The molecule has 0 radical (unpaired) electrons. The SMILES string of the molecule is CC[C@@H](O)[C@H](O)COC(=O)c1ccc(CCC[C@@H]2[C@@H](CCc3cc(Cl)cc(Cl)c3)[C@H](O)C[C@H]2Cl)s1. The van der Waals surface area contributed by atoms with Crippen LogP contribution in [0.2, 0.25) is 10.0 Å². The predicted molar refractivity (Wildman–Crippen MR) is 142 cm³/mol. The summed E-state index contributed by atoms with van der Waals surface area (Å²) >= 11 is 20.2. The number of aryl methyl sites for hydroxylation is 2. The molecule has 0 saturated heterocycles. The van der Waals surface area contributed by atoms with Crippen LogP contribution in [-0.2, 0) is 17.6 Å². The molecular formula is C26H33Cl3O5S. The van der Waals surface area contributed by atoms with E-state index in [4.69, 9.17) is 39.5 Å². The van der Waals surface area contributed by atoms with Gasteiger partial charge in [0.25, 0.3) is 0 Å². The fraction of sp³-hybridized carbons (Fsp3) is 0.577. The Balaban J connectivity index is 1.48. The maximum Gasteiger partial charge on any atom is 0.348 e. The third-order valence-electron chi connectivity index (χ3n) is 6.74. The average Bonchev–Trinajstić information content (AvgIpc) is 3.38. The molecule has 1 aromatic heterocycles. The minimum Gasteiger partial charge on any atom is -0.459 e. The molecule has 1 heterocycles. The van der Waals surface area contributed by atoms with Gasteiger partial charge in [-0.2, -0.15) is 0 Å². The quantitative estimate of drug-likeness (QED) is 0.221. The van der Waals surface area contributed by atoms with E-state index < -0.39 is 24.3 Å². The monoisotopic (exact) mass is 562 g/mol. The van der Waals surface area contributed by atoms with Gasteiger partial charge in [0.1, 0.15) is 17.6 Å². The molecule has 5 nitrogen and oxygen atoms in total. The van der Waals surface area contributed by atoms with E-state index in [-0.39, 0.29) is 23.8 Å². The molecule has 0 unspecified atom stereocenters. The molecule has 0 aliphatic heterocycles. The molecular weight excluding hydrogens is 531 g/mol. The third kappa shape index (κ3) is 8.32. The maximum atomic E-state index is 12.2. The van der Waals surface area contributed by atoms with Crippen LogP contribution in [-0.4, -0.2) is 51.6 Å². The number of carbonyl (C=O) groups excluding carboxylic acids is 1. The van der Waals surface area contributed by atoms with E-state index in [1.807, 2.05) is 18.2 Å². The topological polar surface area (TPSA) is 87.0 Å². The molecule has 194 valence electrons. The lowest BCUT2D eigenvalue weighted by Gasteiger charge is -2.23. The van der Waals surface area contributed by atoms with Crippen LogP contribution in [0.5, 0.6) is 0 Å². The Morgan fingerprint density at radius 1 is 1.09 bits per heavy atom. The van der Waals surface area contributed by atoms with E-state index in [1.165, 1.54) is 11.3 Å². The van der Waals surface area contributed by atoms with Crippen LogP contribution in [0.3, 0.4) is 0 Å². The van der Waals surface area contributed by atoms with Crippen molar-refractivity contribution >= 4 is 52.1 Å². The number of aliphatic hydroxyl groups is 3. The van der Waals surface area contributed by atoms with Crippen LogP contribution < -0.4 is 0 Å². The first-order valence-corrected chi connectivity index (χ1v) is 14.1. The number of aliphatic hydroxyl groups excluding tert-OH is 3. The van der Waals surface area contributed by atoms with Crippen molar-refractivity contribution in [3.63, 3.8) is 0 Å². The van der Waals surface area contributed by atoms with Gasteiger partial charge in [0.15, 0.2) is 0 Å². The lowest BCUT2D eigenvalue weighted by Crippen LogP contribution is -2.30. The molecule has 6 atom stereocenters. The summed E-state index contributed by atoms with van der Waals surface area (Å²) in [5, 5.41) is 31.1. The minimum atomic E-state index is -1.09. The summed E-state index contributed by atoms with van der Waals surface area (Å²) in [6.45, 7) is 1.52. The van der Waals surface area contributed by atoms with Crippen LogP contribution in [0.4, 0.5) is 0 Å². The Morgan fingerprint density at radius 2 is 1.80 bits per heavy atom. The van der Waals surface area contributed by atoms with Crippen molar-refractivity contribution in [3.05, 3.63) is 55.7 Å². The van der Waals surface area contributed by atoms with E-state index in [1.54, 1.807) is 19.1 Å². The van der Waals surface area contributed by atoms with Crippen LogP contribution in [0.25, 0.3) is 0 Å². The lowest BCUT2D eigenvalue weighted by atomic mass is 9.85. The van der Waals surface area contributed by atoms with Crippen molar-refractivity contribution in [3.8, 4) is 0 Å². The van der Waals surface area contributed by atoms with E-state index in [0.29, 0.717) is 27.8 Å². The number of hydrogen-bond donors (Lipinski definition) is 3. The average molecular weight is 564 g/mol. The zero-order valence-corrected chi connectivity index (χ0v) is 22.8. The van der Waals surface area contributed by atoms with Gasteiger partial charge < -0.3 is 20.1 Å². The second-order valence-electron chi connectivity index (χ2n) is 9.26. The number of rotatable bonds is 12. The fourth-order valence-electron chi connectivity index (χ4n) is 4.77. The van der Waals surface area contributed by atoms with Crippen molar-refractivity contribution in [2.75, 3.05) is 6.61 Å². The van der Waals surface area contributed by atoms with Crippen molar-refractivity contribution in [2.24, 2.45) is 11.8 Å². The van der Waals surface area contributed by atoms with E-state index in [2.05, 4.69) is 0 Å². The molecule has 1 aliphatic rings. The molecule has 0 bridgehead atoms. The highest BCUT2D eigenvalue weighted by Crippen LogP contribution is 2.42. The number of ether oxygens (including phenoxy) is 1. The maximum absolute atomic E-state index is 12.2. The normalized spacial score (nSPS) is 23.9. The third-order valence-corrected chi connectivity index (χ3v) is 8.80. The highest BCUT2D eigenvalue weighted by molar-refractivity contribution is 7.13. The van der Waals surface area contributed by atoms with Crippen molar-refractivity contribution < 1.29 is 24.9 Å². The first kappa shape index (κ1) is 28.7. The van der Waals surface area contributed by atoms with Crippen LogP contribution in [0.15, 0.2) is 30.3 Å². The first-order valence-electron chi connectivity index (χ1n) is 12.1. The number of halogens is 3. The Labute approximate surface area is 226 Å². The second kappa shape index (κ2) is 13.6. The van der Waals surface area contributed by atoms with E-state index >= 15 is 0 Å². The molecule has 3 N–H and O–H groups in total. The molecule has 9 heteroatoms. The largest absolute Gasteiger partial charge is 0.459 e. The number of carbonyl (C=O) groups is 1. The molecule has 1 aromatic carbocycles. The van der Waals surface area contributed by atoms with E-state index in [9.17, 15) is 20.1 Å². The number of benzene rings is 1. The van der Waals surface area contributed by atoms with Gasteiger partial charge in [0, 0.05) is 20.3 Å². The standard InChI is InChI=1S/C26H33Cl3O5S/c1-2-22(30)24(32)14-34-26(33)25-9-7-18(35-25)4-3-5-19-20(23(31)13-21(19)29)8-6-15-10-16(27)12-17(28)11-15/h7,9-12,19-24,30-32H,2-6,8,13-14H2,1H3/t19-,20-,21-,22-,23-,24-/m1/s1. The number of esters is 1. The fourth-order valence-corrected chi connectivity index (χ4v) is 6.78. The minimum absolute atomic E-state index is 0.0586. The summed E-state index contributed by atoms with van der Waals surface area (Å²) in [6, 6.07) is 9.18. The Hall–Kier alpha value is -0.860. The van der Waals surface area contributed by atoms with Gasteiger partial charge >= 0.3 is 5.97 Å². The molecule has 2 aromatic rings. The van der Waals surface area contributed by atoms with Gasteiger partial charge in [0.2, 0.25) is 0 Å². The van der Waals surface area contributed by atoms with Gasteiger partial charge in [-0.1, -0.05) is 30.1 Å². The molecule has 1 saturated carbocycles. The molecule has 0 amide bonds. The van der Waals surface area contributed by atoms with Crippen molar-refractivity contribution in [1.29, 1.82) is 0 Å². The first-order chi connectivity index (χ1) is 16.7. The number of alkyl halides is 1. The Kier molecular flexibility index (Phi) is 11.2. The van der Waals surface area contributed by atoms with Crippen LogP contribution in [0, 0.1) is 11.8 Å². The summed E-state index contributed by atoms with van der Waals surface area (Å²) < 4.78 is 5.13. The molecule has 0 spiro atoms. The zero-order valence-electron chi connectivity index (χ0n) is 19.7. The molecule has 1 fully saturated rings. The number of thiophene rings is 1. The smallest absolute Gasteiger partial charge is 0.348 e. The summed E-state index contributed by atoms with van der Waals surface area (Å²) in [7, 11) is 0. The lowest BCUT2D eigenvalue weighted by molar-refractivity contribution is -0.0279. The van der Waals surface area contributed by atoms with Gasteiger partial charge in [-0.15, -0.1) is 22.9 Å². The summed E-state index contributed by atoms with van der Waals surface area (Å²) in [5.74, 6) is -0.157. The molecule has 3 rings (SSSR count). The summed E-state index contributed by atoms with van der Waals surface area (Å²) in [6.07, 6.45) is 2.78. The van der Waals surface area contributed by atoms with Crippen molar-refractivity contribution in [1.82, 2.24) is 0 Å². The number of hydrogen-bond acceptors (Lipinski definition) is 6. The van der Waals surface area contributed by atoms with Gasteiger partial charge in [0.05, 0.1) is 12.2 Å². The van der Waals surface area contributed by atoms with E-state index in [0.717, 1.165) is 42.5 Å². The summed E-state index contributed by atoms with van der Waals surface area (Å²) in [4.78, 5) is 13.8.